The maximum absolute atomic E-state index is 5.84. The summed E-state index contributed by atoms with van der Waals surface area (Å²) in [5.74, 6) is 0. The summed E-state index contributed by atoms with van der Waals surface area (Å²) in [4.78, 5) is 2.38. The lowest BCUT2D eigenvalue weighted by molar-refractivity contribution is 0.261. The third-order valence-electron chi connectivity index (χ3n) is 3.09. The van der Waals surface area contributed by atoms with Gasteiger partial charge in [-0.05, 0) is 57.1 Å². The highest BCUT2D eigenvalue weighted by Gasteiger charge is 2.16. The van der Waals surface area contributed by atoms with Gasteiger partial charge in [-0.3, -0.25) is 0 Å². The Bertz CT molecular complexity index is 342. The lowest BCUT2D eigenvalue weighted by atomic mass is 10.1. The summed E-state index contributed by atoms with van der Waals surface area (Å²) in [7, 11) is 2.18. The van der Waals surface area contributed by atoms with Crippen molar-refractivity contribution in [2.24, 2.45) is 0 Å². The van der Waals surface area contributed by atoms with Crippen molar-refractivity contribution in [3.8, 4) is 0 Å². The largest absolute Gasteiger partial charge is 0.399 e. The van der Waals surface area contributed by atoms with Gasteiger partial charge in [-0.1, -0.05) is 0 Å². The number of aryl methyl sites for hydroxylation is 1. The summed E-state index contributed by atoms with van der Waals surface area (Å²) < 4.78 is 0. The maximum atomic E-state index is 5.84. The number of nitrogens with one attached hydrogen (secondary N) is 1. The predicted octanol–water partition coefficient (Wildman–Crippen LogP) is 2.08. The Morgan fingerprint density at radius 2 is 2.19 bits per heavy atom. The summed E-state index contributed by atoms with van der Waals surface area (Å²) in [6.45, 7) is 4.41. The molecule has 0 spiro atoms. The number of likely N-dealkylation sites (N-methyl/N-ethyl adjacent to an activating group) is 1. The molecule has 1 aromatic rings. The second kappa shape index (κ2) is 4.74. The third-order valence-corrected chi connectivity index (χ3v) is 3.09. The van der Waals surface area contributed by atoms with E-state index in [-0.39, 0.29) is 0 Å². The van der Waals surface area contributed by atoms with Crippen LogP contribution < -0.4 is 11.1 Å². The molecular weight excluding hydrogens is 198 g/mol. The lowest BCUT2D eigenvalue weighted by Gasteiger charge is -2.31. The number of hydrogen-bond acceptors (Lipinski definition) is 3. The molecule has 0 aromatic heterocycles. The molecule has 1 saturated heterocycles. The first-order valence-electron chi connectivity index (χ1n) is 5.96. The van der Waals surface area contributed by atoms with E-state index in [0.29, 0.717) is 6.04 Å². The molecule has 88 valence electrons. The summed E-state index contributed by atoms with van der Waals surface area (Å²) in [6.07, 6.45) is 2.52. The number of anilines is 2. The van der Waals surface area contributed by atoms with Crippen LogP contribution in [-0.2, 0) is 0 Å². The van der Waals surface area contributed by atoms with E-state index in [2.05, 4.69) is 30.3 Å². The highest BCUT2D eigenvalue weighted by Crippen LogP contribution is 2.19. The summed E-state index contributed by atoms with van der Waals surface area (Å²) in [5, 5.41) is 3.57. The molecule has 0 amide bonds. The molecule has 0 saturated carbocycles. The minimum absolute atomic E-state index is 0.556. The standard InChI is InChI=1S/C13H21N3/c1-10-6-11(14)8-13(7-10)15-12-4-3-5-16(2)9-12/h6-8,12,15H,3-5,9,14H2,1-2H3. The van der Waals surface area contributed by atoms with Gasteiger partial charge in [-0.15, -0.1) is 0 Å². The molecular formula is C13H21N3. The van der Waals surface area contributed by atoms with Crippen LogP contribution in [0.1, 0.15) is 18.4 Å². The van der Waals surface area contributed by atoms with Gasteiger partial charge in [0.25, 0.3) is 0 Å². The zero-order chi connectivity index (χ0) is 11.5. The normalized spacial score (nSPS) is 22.0. The van der Waals surface area contributed by atoms with Crippen LogP contribution in [0.5, 0.6) is 0 Å². The van der Waals surface area contributed by atoms with Gasteiger partial charge in [0, 0.05) is 24.0 Å². The third kappa shape index (κ3) is 2.89. The number of benzene rings is 1. The molecule has 3 heteroatoms. The summed E-state index contributed by atoms with van der Waals surface area (Å²) >= 11 is 0. The van der Waals surface area contributed by atoms with E-state index in [1.54, 1.807) is 0 Å². The van der Waals surface area contributed by atoms with E-state index in [9.17, 15) is 0 Å². The molecule has 1 aliphatic rings. The van der Waals surface area contributed by atoms with Crippen molar-refractivity contribution in [2.45, 2.75) is 25.8 Å². The van der Waals surface area contributed by atoms with Gasteiger partial charge < -0.3 is 16.0 Å². The molecule has 0 radical (unpaired) electrons. The molecule has 1 heterocycles. The minimum Gasteiger partial charge on any atom is -0.399 e. The van der Waals surface area contributed by atoms with Gasteiger partial charge in [0.1, 0.15) is 0 Å². The summed E-state index contributed by atoms with van der Waals surface area (Å²) in [6, 6.07) is 6.73. The van der Waals surface area contributed by atoms with Crippen LogP contribution in [0.4, 0.5) is 11.4 Å². The smallest absolute Gasteiger partial charge is 0.0388 e. The number of nitrogens with zero attached hydrogens (tertiary/aromatic N) is 1. The molecule has 1 atom stereocenters. The van der Waals surface area contributed by atoms with E-state index in [1.807, 2.05) is 12.1 Å². The van der Waals surface area contributed by atoms with Gasteiger partial charge >= 0.3 is 0 Å². The average Bonchev–Trinajstić information content (AvgIpc) is 2.15. The Balaban J connectivity index is 2.02. The van der Waals surface area contributed by atoms with Crippen molar-refractivity contribution in [1.29, 1.82) is 0 Å². The molecule has 1 aromatic carbocycles. The zero-order valence-electron chi connectivity index (χ0n) is 10.2. The number of rotatable bonds is 2. The van der Waals surface area contributed by atoms with E-state index < -0.39 is 0 Å². The Morgan fingerprint density at radius 1 is 1.38 bits per heavy atom. The molecule has 1 aliphatic heterocycles. The van der Waals surface area contributed by atoms with Crippen molar-refractivity contribution in [2.75, 3.05) is 31.2 Å². The SMILES string of the molecule is Cc1cc(N)cc(NC2CCCN(C)C2)c1. The molecule has 1 unspecified atom stereocenters. The Morgan fingerprint density at radius 3 is 2.88 bits per heavy atom. The molecule has 0 aliphatic carbocycles. The Labute approximate surface area is 97.6 Å². The second-order valence-electron chi connectivity index (χ2n) is 4.88. The van der Waals surface area contributed by atoms with E-state index in [1.165, 1.54) is 24.9 Å². The number of piperidine rings is 1. The minimum atomic E-state index is 0.556. The molecule has 3 N–H and O–H groups in total. The Hall–Kier alpha value is -1.22. The first-order valence-corrected chi connectivity index (χ1v) is 5.96. The lowest BCUT2D eigenvalue weighted by Crippen LogP contribution is -2.39. The summed E-state index contributed by atoms with van der Waals surface area (Å²) in [5.41, 5.74) is 9.05. The van der Waals surface area contributed by atoms with E-state index in [0.717, 1.165) is 17.9 Å². The van der Waals surface area contributed by atoms with Crippen LogP contribution in [0.15, 0.2) is 18.2 Å². The number of hydrogen-bond donors (Lipinski definition) is 2. The highest BCUT2D eigenvalue weighted by atomic mass is 15.1. The monoisotopic (exact) mass is 219 g/mol. The molecule has 1 fully saturated rings. The quantitative estimate of drug-likeness (QED) is 0.748. The van der Waals surface area contributed by atoms with Crippen molar-refractivity contribution < 1.29 is 0 Å². The van der Waals surface area contributed by atoms with Crippen molar-refractivity contribution in [3.05, 3.63) is 23.8 Å². The van der Waals surface area contributed by atoms with Crippen LogP contribution >= 0.6 is 0 Å². The second-order valence-corrected chi connectivity index (χ2v) is 4.88. The number of nitrogens with two attached hydrogens (primary N) is 1. The average molecular weight is 219 g/mol. The molecule has 16 heavy (non-hydrogen) atoms. The van der Waals surface area contributed by atoms with Crippen LogP contribution in [0.25, 0.3) is 0 Å². The van der Waals surface area contributed by atoms with E-state index >= 15 is 0 Å². The van der Waals surface area contributed by atoms with Gasteiger partial charge in [0.15, 0.2) is 0 Å². The van der Waals surface area contributed by atoms with Gasteiger partial charge in [0.05, 0.1) is 0 Å². The van der Waals surface area contributed by atoms with Crippen molar-refractivity contribution >= 4 is 11.4 Å². The maximum Gasteiger partial charge on any atom is 0.0388 e. The number of likely N-dealkylation sites (tertiary alicyclic amines) is 1. The van der Waals surface area contributed by atoms with Crippen LogP contribution in [-0.4, -0.2) is 31.1 Å². The molecule has 2 rings (SSSR count). The fourth-order valence-corrected chi connectivity index (χ4v) is 2.42. The molecule has 0 bridgehead atoms. The van der Waals surface area contributed by atoms with E-state index in [4.69, 9.17) is 5.73 Å². The fraction of sp³-hybridized carbons (Fsp3) is 0.538. The Kier molecular flexibility index (Phi) is 3.34. The zero-order valence-corrected chi connectivity index (χ0v) is 10.2. The molecule has 3 nitrogen and oxygen atoms in total. The van der Waals surface area contributed by atoms with Crippen molar-refractivity contribution in [1.82, 2.24) is 4.90 Å². The van der Waals surface area contributed by atoms with Crippen LogP contribution in [0, 0.1) is 6.92 Å². The van der Waals surface area contributed by atoms with Gasteiger partial charge in [-0.25, -0.2) is 0 Å². The first-order chi connectivity index (χ1) is 7.63. The predicted molar refractivity (Wildman–Crippen MR) is 69.7 cm³/mol. The van der Waals surface area contributed by atoms with Crippen molar-refractivity contribution in [3.63, 3.8) is 0 Å². The highest BCUT2D eigenvalue weighted by molar-refractivity contribution is 5.57. The fourth-order valence-electron chi connectivity index (χ4n) is 2.42. The van der Waals surface area contributed by atoms with Crippen LogP contribution in [0.2, 0.25) is 0 Å². The van der Waals surface area contributed by atoms with Crippen LogP contribution in [0.3, 0.4) is 0 Å². The van der Waals surface area contributed by atoms with Gasteiger partial charge in [0.2, 0.25) is 0 Å². The topological polar surface area (TPSA) is 41.3 Å². The van der Waals surface area contributed by atoms with Gasteiger partial charge in [-0.2, -0.15) is 0 Å². The first kappa shape index (κ1) is 11.3. The number of nitrogen functional groups attached to an aromatic ring is 1.